The van der Waals surface area contributed by atoms with Gasteiger partial charge in [0.05, 0.1) is 61.7 Å². The van der Waals surface area contributed by atoms with Gasteiger partial charge in [-0.3, -0.25) is 48.3 Å². The molecule has 22 nitrogen and oxygen atoms in total. The average Bonchev–Trinajstić information content (AvgIpc) is 3.99. The van der Waals surface area contributed by atoms with E-state index in [1.54, 1.807) is 39.1 Å². The summed E-state index contributed by atoms with van der Waals surface area (Å²) in [6.45, 7) is 8.23. The first-order chi connectivity index (χ1) is 29.8. The van der Waals surface area contributed by atoms with Crippen molar-refractivity contribution in [2.24, 2.45) is 0 Å². The van der Waals surface area contributed by atoms with Crippen LogP contribution in [0.4, 0.5) is 11.6 Å². The zero-order chi connectivity index (χ0) is 45.0. The summed E-state index contributed by atoms with van der Waals surface area (Å²) in [4.78, 5) is 78.9. The Labute approximate surface area is 364 Å². The van der Waals surface area contributed by atoms with Crippen LogP contribution in [0.2, 0.25) is 5.02 Å². The van der Waals surface area contributed by atoms with Crippen molar-refractivity contribution in [3.05, 3.63) is 36.3 Å². The predicted octanol–water partition coefficient (Wildman–Crippen LogP) is 0.742. The number of aryl methyl sites for hydroxylation is 1. The molecule has 0 aliphatic carbocycles. The Kier molecular flexibility index (Phi) is 20.3. The normalized spacial score (nSPS) is 17.3. The Morgan fingerprint density at radius 1 is 0.855 bits per heavy atom. The third-order valence-corrected chi connectivity index (χ3v) is 10.6. The number of aromatic amines is 1. The van der Waals surface area contributed by atoms with Crippen LogP contribution in [-0.4, -0.2) is 213 Å². The monoisotopic (exact) mass is 890 g/mol. The van der Waals surface area contributed by atoms with Crippen molar-refractivity contribution in [1.29, 1.82) is 0 Å². The molecule has 5 rings (SSSR count). The van der Waals surface area contributed by atoms with E-state index in [-0.39, 0.29) is 44.1 Å². The number of amides is 2. The van der Waals surface area contributed by atoms with Crippen LogP contribution in [0.5, 0.6) is 5.88 Å². The second kappa shape index (κ2) is 25.5. The highest BCUT2D eigenvalue weighted by Gasteiger charge is 2.24. The number of H-pyrrole nitrogens is 1. The van der Waals surface area contributed by atoms with Crippen LogP contribution >= 0.6 is 11.6 Å². The smallest absolute Gasteiger partial charge is 0.317 e. The van der Waals surface area contributed by atoms with Crippen LogP contribution in [0.3, 0.4) is 0 Å². The van der Waals surface area contributed by atoms with Gasteiger partial charge in [0.15, 0.2) is 0 Å². The Morgan fingerprint density at radius 2 is 1.44 bits per heavy atom. The van der Waals surface area contributed by atoms with Crippen molar-refractivity contribution in [2.45, 2.75) is 38.3 Å². The molecule has 6 N–H and O–H groups in total. The van der Waals surface area contributed by atoms with E-state index in [1.807, 2.05) is 15.8 Å². The number of carbonyl (C=O) groups excluding carboxylic acids is 2. The van der Waals surface area contributed by atoms with Crippen molar-refractivity contribution >= 4 is 64.0 Å². The maximum atomic E-state index is 12.9. The fourth-order valence-corrected chi connectivity index (χ4v) is 7.17. The van der Waals surface area contributed by atoms with Gasteiger partial charge in [-0.1, -0.05) is 18.2 Å². The summed E-state index contributed by atoms with van der Waals surface area (Å²) < 4.78 is 12.3. The molecule has 2 fully saturated rings. The Balaban J connectivity index is 0.000000666. The molecular weight excluding hydrogens is 832 g/mol. The predicted molar refractivity (Wildman–Crippen MR) is 229 cm³/mol. The zero-order valence-electron chi connectivity index (χ0n) is 35.3. The van der Waals surface area contributed by atoms with Gasteiger partial charge < -0.3 is 45.3 Å². The fourth-order valence-electron chi connectivity index (χ4n) is 6.94. The van der Waals surface area contributed by atoms with E-state index < -0.39 is 17.9 Å². The molecule has 2 aliphatic heterocycles. The highest BCUT2D eigenvalue weighted by Crippen LogP contribution is 2.31. The Hall–Kier alpha value is -5.39. The first kappa shape index (κ1) is 49.3. The highest BCUT2D eigenvalue weighted by molar-refractivity contribution is 6.35. The maximum Gasteiger partial charge on any atom is 0.317 e. The molecule has 1 atom stereocenters. The van der Waals surface area contributed by atoms with Gasteiger partial charge >= 0.3 is 17.9 Å². The number of aliphatic carboxylic acids is 3. The minimum Gasteiger partial charge on any atom is -0.480 e. The van der Waals surface area contributed by atoms with E-state index in [2.05, 4.69) is 37.3 Å². The Bertz CT molecular complexity index is 1910. The summed E-state index contributed by atoms with van der Waals surface area (Å²) in [5.74, 6) is -2.50. The van der Waals surface area contributed by atoms with Crippen LogP contribution in [0.25, 0.3) is 11.0 Å². The molecule has 1 unspecified atom stereocenters. The van der Waals surface area contributed by atoms with Gasteiger partial charge in [0.25, 0.3) is 0 Å². The number of hydrogen-bond donors (Lipinski definition) is 6. The van der Waals surface area contributed by atoms with Gasteiger partial charge in [-0.15, -0.1) is 0 Å². The molecule has 0 bridgehead atoms. The van der Waals surface area contributed by atoms with E-state index in [9.17, 15) is 39.3 Å². The van der Waals surface area contributed by atoms with Gasteiger partial charge in [0.2, 0.25) is 23.6 Å². The van der Waals surface area contributed by atoms with Crippen LogP contribution in [-0.2, 0) is 35.3 Å². The van der Waals surface area contributed by atoms with Gasteiger partial charge in [-0.05, 0) is 31.8 Å². The van der Waals surface area contributed by atoms with E-state index in [0.29, 0.717) is 106 Å². The topological polar surface area (TPSA) is 264 Å². The second-order valence-electron chi connectivity index (χ2n) is 14.9. The van der Waals surface area contributed by atoms with E-state index in [1.165, 1.54) is 13.2 Å². The van der Waals surface area contributed by atoms with E-state index >= 15 is 0 Å². The molecule has 0 aromatic carbocycles. The van der Waals surface area contributed by atoms with Crippen molar-refractivity contribution in [3.63, 3.8) is 0 Å². The standard InChI is InChI=1S/C31H46ClN11O8.C8H13NO2/c1-51-30-28-23(32)16-34-29(28)37-31(38-30)36-22-15-35-43(17-22)6-4-2-3-5-33-24(44)18-39-7-9-40(19-25(45)46)11-13-42(21-27(49)50)14-12-41(10-8-39)20-26(47)48;1-3-8(10)9-5-4-7(6-9)11-2/h15-17H,2-14,18-21H2,1H3,(H,33,44)(H,45,46)(H,47,48)(H,49,50)(H2,34,36,37,38);3,7H,1,4-6H2,2H3. The van der Waals surface area contributed by atoms with Crippen LogP contribution in [0.15, 0.2) is 31.2 Å². The minimum absolute atomic E-state index is 0.00421. The van der Waals surface area contributed by atoms with Crippen LogP contribution < -0.4 is 15.4 Å². The van der Waals surface area contributed by atoms with Gasteiger partial charge in [0.1, 0.15) is 5.65 Å². The number of rotatable bonds is 19. The number of hydrogen-bond acceptors (Lipinski definition) is 15. The SMILES string of the molecule is C=CC(=O)N1CCC(OC)C1.COc1nc(Nc2cnn(CCCCCNC(=O)CN3CCN(CC(=O)O)CCN(CC(=O)O)CCN(CC(=O)O)CC3)c2)nc2[nH]cc(Cl)c12. The van der Waals surface area contributed by atoms with Crippen LogP contribution in [0.1, 0.15) is 25.7 Å². The summed E-state index contributed by atoms with van der Waals surface area (Å²) in [7, 11) is 3.19. The molecule has 2 amide bonds. The van der Waals surface area contributed by atoms with Crippen LogP contribution in [0, 0.1) is 0 Å². The van der Waals surface area contributed by atoms with Gasteiger partial charge in [-0.2, -0.15) is 15.1 Å². The van der Waals surface area contributed by atoms with Crippen molar-refractivity contribution in [3.8, 4) is 5.88 Å². The zero-order valence-corrected chi connectivity index (χ0v) is 36.1. The number of fused-ring (bicyclic) bond motifs is 1. The molecule has 2 saturated heterocycles. The number of nitrogens with zero attached hydrogens (tertiary/aromatic N) is 9. The number of methoxy groups -OCH3 is 2. The molecule has 2 aliphatic rings. The summed E-state index contributed by atoms with van der Waals surface area (Å²) in [5.41, 5.74) is 1.25. The second-order valence-corrected chi connectivity index (χ2v) is 15.3. The number of halogens is 1. The summed E-state index contributed by atoms with van der Waals surface area (Å²) in [5, 5.41) is 39.7. The van der Waals surface area contributed by atoms with Crippen molar-refractivity contribution < 1.29 is 48.8 Å². The number of likely N-dealkylation sites (tertiary alicyclic amines) is 1. The lowest BCUT2D eigenvalue weighted by Crippen LogP contribution is -2.49. The molecule has 0 spiro atoms. The molecule has 23 heteroatoms. The highest BCUT2D eigenvalue weighted by atomic mass is 35.5. The molecule has 3 aromatic heterocycles. The lowest BCUT2D eigenvalue weighted by molar-refractivity contribution is -0.140. The largest absolute Gasteiger partial charge is 0.480 e. The first-order valence-corrected chi connectivity index (χ1v) is 20.8. The molecular formula is C39H59ClN12O10. The number of nitrogens with one attached hydrogen (secondary N) is 3. The van der Waals surface area contributed by atoms with E-state index in [0.717, 1.165) is 32.2 Å². The number of anilines is 2. The lowest BCUT2D eigenvalue weighted by atomic mass is 10.2. The fraction of sp³-hybridized carbons (Fsp3) is 0.590. The molecule has 62 heavy (non-hydrogen) atoms. The quantitative estimate of drug-likeness (QED) is 0.0716. The van der Waals surface area contributed by atoms with Gasteiger partial charge in [0, 0.05) is 98.0 Å². The lowest BCUT2D eigenvalue weighted by Gasteiger charge is -2.32. The number of ether oxygens (including phenoxy) is 2. The molecule has 3 aromatic rings. The summed E-state index contributed by atoms with van der Waals surface area (Å²) >= 11 is 6.19. The average molecular weight is 891 g/mol. The molecule has 0 radical (unpaired) electrons. The van der Waals surface area contributed by atoms with Crippen molar-refractivity contribution in [1.82, 2.24) is 54.5 Å². The number of carbonyl (C=O) groups is 5. The number of unbranched alkanes of at least 4 members (excludes halogenated alkanes) is 2. The first-order valence-electron chi connectivity index (χ1n) is 20.4. The number of carboxylic acid groups (broad SMARTS) is 3. The third-order valence-electron chi connectivity index (χ3n) is 10.3. The van der Waals surface area contributed by atoms with E-state index in [4.69, 9.17) is 21.1 Å². The molecule has 5 heterocycles. The Morgan fingerprint density at radius 3 is 1.95 bits per heavy atom. The third kappa shape index (κ3) is 16.8. The van der Waals surface area contributed by atoms with Crippen molar-refractivity contribution in [2.75, 3.05) is 118 Å². The molecule has 0 saturated carbocycles. The number of carboxylic acids is 3. The summed E-state index contributed by atoms with van der Waals surface area (Å²) in [6, 6.07) is 0. The maximum absolute atomic E-state index is 12.9. The minimum atomic E-state index is -1.01. The van der Waals surface area contributed by atoms with Gasteiger partial charge in [-0.25, -0.2) is 0 Å². The number of aromatic nitrogens is 5. The summed E-state index contributed by atoms with van der Waals surface area (Å²) in [6.07, 6.45) is 10.1. The molecule has 342 valence electrons.